The fraction of sp³-hybridized carbons (Fsp3) is 0.200. The Labute approximate surface area is 71.8 Å². The summed E-state index contributed by atoms with van der Waals surface area (Å²) in [5, 5.41) is 5.20. The molecule has 0 saturated carbocycles. The third-order valence-electron chi connectivity index (χ3n) is 0.734. The van der Waals surface area contributed by atoms with Crippen LogP contribution in [-0.2, 0) is 5.33 Å². The van der Waals surface area contributed by atoms with Crippen LogP contribution in [0.1, 0.15) is 5.56 Å². The Hall–Kier alpha value is 0.660. The number of thiophene rings is 1. The van der Waals surface area contributed by atoms with Crippen molar-refractivity contribution in [2.24, 2.45) is 0 Å². The van der Waals surface area contributed by atoms with Crippen LogP contribution in [0.2, 0.25) is 0 Å². The molecule has 0 aliphatic carbocycles. The van der Waals surface area contributed by atoms with E-state index in [-0.39, 0.29) is 17.0 Å². The largest absolute Gasteiger partial charge is 0.152 e. The van der Waals surface area contributed by atoms with Crippen molar-refractivity contribution in [2.75, 3.05) is 0 Å². The van der Waals surface area contributed by atoms with Gasteiger partial charge in [-0.3, -0.25) is 0 Å². The Kier molecular flexibility index (Phi) is 4.90. The lowest BCUT2D eigenvalue weighted by Crippen LogP contribution is -1.61. The summed E-state index contributed by atoms with van der Waals surface area (Å²) in [4.78, 5) is 0. The average molecular weight is 258 g/mol. The summed E-state index contributed by atoms with van der Waals surface area (Å²) in [6.07, 6.45) is 0. The third-order valence-corrected chi connectivity index (χ3v) is 2.11. The highest BCUT2D eigenvalue weighted by molar-refractivity contribution is 9.08. The molecule has 0 amide bonds. The fourth-order valence-corrected chi connectivity index (χ4v) is 1.60. The van der Waals surface area contributed by atoms with E-state index in [4.69, 9.17) is 0 Å². The normalized spacial score (nSPS) is 8.12. The molecule has 0 fully saturated rings. The van der Waals surface area contributed by atoms with Crippen molar-refractivity contribution in [2.45, 2.75) is 5.33 Å². The van der Waals surface area contributed by atoms with Crippen molar-refractivity contribution in [1.82, 2.24) is 0 Å². The van der Waals surface area contributed by atoms with Gasteiger partial charge in [-0.25, -0.2) is 0 Å². The topological polar surface area (TPSA) is 0 Å². The molecule has 1 heterocycles. The van der Waals surface area contributed by atoms with Crippen LogP contribution in [0.4, 0.5) is 0 Å². The molecule has 0 saturated heterocycles. The van der Waals surface area contributed by atoms with Gasteiger partial charge in [-0.05, 0) is 22.4 Å². The number of halogens is 2. The van der Waals surface area contributed by atoms with Gasteiger partial charge >= 0.3 is 0 Å². The Morgan fingerprint density at radius 1 is 1.62 bits per heavy atom. The van der Waals surface area contributed by atoms with Crippen molar-refractivity contribution in [3.8, 4) is 0 Å². The highest BCUT2D eigenvalue weighted by Gasteiger charge is 1.83. The molecule has 0 N–H and O–H groups in total. The molecule has 0 aliphatic heterocycles. The predicted octanol–water partition coefficient (Wildman–Crippen LogP) is 3.22. The van der Waals surface area contributed by atoms with E-state index in [0.717, 1.165) is 5.33 Å². The van der Waals surface area contributed by atoms with Crippen LogP contribution >= 0.6 is 44.2 Å². The van der Waals surface area contributed by atoms with Gasteiger partial charge in [0.1, 0.15) is 0 Å². The second-order valence-corrected chi connectivity index (χ2v) is 2.61. The fourth-order valence-electron chi connectivity index (χ4n) is 0.369. The minimum absolute atomic E-state index is 0. The van der Waals surface area contributed by atoms with Crippen LogP contribution in [0.15, 0.2) is 16.8 Å². The van der Waals surface area contributed by atoms with Gasteiger partial charge in [0, 0.05) is 5.33 Å². The molecule has 0 nitrogen and oxygen atoms in total. The molecule has 0 aliphatic rings. The predicted molar refractivity (Wildman–Crippen MR) is 47.3 cm³/mol. The molecule has 0 radical (unpaired) electrons. The molecule has 3 heteroatoms. The van der Waals surface area contributed by atoms with E-state index in [2.05, 4.69) is 32.8 Å². The van der Waals surface area contributed by atoms with Gasteiger partial charge < -0.3 is 0 Å². The monoisotopic (exact) mass is 256 g/mol. The Balaban J connectivity index is 0.000000490. The standard InChI is InChI=1S/C5H5BrS.BrH/c6-3-5-1-2-7-4-5;/h1-2,4H,3H2;1H. The van der Waals surface area contributed by atoms with E-state index in [9.17, 15) is 0 Å². The molecular formula is C5H6Br2S. The van der Waals surface area contributed by atoms with Gasteiger partial charge in [0.25, 0.3) is 0 Å². The molecule has 0 bridgehead atoms. The lowest BCUT2D eigenvalue weighted by Gasteiger charge is -1.77. The van der Waals surface area contributed by atoms with E-state index in [1.807, 2.05) is 0 Å². The van der Waals surface area contributed by atoms with Crippen molar-refractivity contribution < 1.29 is 0 Å². The molecule has 1 aromatic rings. The summed E-state index contributed by atoms with van der Waals surface area (Å²) in [5.74, 6) is 0. The maximum absolute atomic E-state index is 3.34. The lowest BCUT2D eigenvalue weighted by atomic mass is 10.4. The Morgan fingerprint density at radius 3 is 2.62 bits per heavy atom. The lowest BCUT2D eigenvalue weighted by molar-refractivity contribution is 1.51. The highest BCUT2D eigenvalue weighted by Crippen LogP contribution is 2.08. The first-order valence-electron chi connectivity index (χ1n) is 2.00. The third kappa shape index (κ3) is 2.29. The quantitative estimate of drug-likeness (QED) is 0.678. The molecule has 8 heavy (non-hydrogen) atoms. The zero-order valence-corrected chi connectivity index (χ0v) is 8.25. The van der Waals surface area contributed by atoms with Crippen LogP contribution in [0.5, 0.6) is 0 Å². The van der Waals surface area contributed by atoms with Crippen molar-refractivity contribution >= 4 is 44.2 Å². The van der Waals surface area contributed by atoms with E-state index in [1.54, 1.807) is 11.3 Å². The van der Waals surface area contributed by atoms with Crippen molar-refractivity contribution in [3.63, 3.8) is 0 Å². The molecule has 0 atom stereocenters. The molecule has 0 spiro atoms. The van der Waals surface area contributed by atoms with Gasteiger partial charge in [-0.15, -0.1) is 17.0 Å². The summed E-state index contributed by atoms with van der Waals surface area (Å²) in [5.41, 5.74) is 1.37. The van der Waals surface area contributed by atoms with Crippen LogP contribution in [0.25, 0.3) is 0 Å². The molecule has 1 rings (SSSR count). The number of alkyl halides is 1. The van der Waals surface area contributed by atoms with Crippen molar-refractivity contribution in [3.05, 3.63) is 22.4 Å². The van der Waals surface area contributed by atoms with Gasteiger partial charge in [0.15, 0.2) is 0 Å². The minimum Gasteiger partial charge on any atom is -0.152 e. The van der Waals surface area contributed by atoms with Crippen molar-refractivity contribution in [1.29, 1.82) is 0 Å². The van der Waals surface area contributed by atoms with E-state index in [1.165, 1.54) is 5.56 Å². The first kappa shape index (κ1) is 8.66. The first-order chi connectivity index (χ1) is 3.43. The molecular weight excluding hydrogens is 252 g/mol. The number of rotatable bonds is 1. The second kappa shape index (κ2) is 4.53. The SMILES string of the molecule is Br.BrCc1ccsc1. The molecule has 0 aromatic carbocycles. The maximum atomic E-state index is 3.34. The zero-order chi connectivity index (χ0) is 5.11. The molecule has 1 aromatic heterocycles. The summed E-state index contributed by atoms with van der Waals surface area (Å²) in [6, 6.07) is 2.11. The summed E-state index contributed by atoms with van der Waals surface area (Å²) in [7, 11) is 0. The van der Waals surface area contributed by atoms with Gasteiger partial charge in [0.05, 0.1) is 0 Å². The van der Waals surface area contributed by atoms with E-state index in [0.29, 0.717) is 0 Å². The zero-order valence-electron chi connectivity index (χ0n) is 4.13. The molecule has 0 unspecified atom stereocenters. The van der Waals surface area contributed by atoms with Crippen LogP contribution in [0.3, 0.4) is 0 Å². The van der Waals surface area contributed by atoms with Gasteiger partial charge in [-0.2, -0.15) is 11.3 Å². The molecule has 46 valence electrons. The van der Waals surface area contributed by atoms with Crippen LogP contribution in [-0.4, -0.2) is 0 Å². The van der Waals surface area contributed by atoms with E-state index >= 15 is 0 Å². The summed E-state index contributed by atoms with van der Waals surface area (Å²) < 4.78 is 0. The van der Waals surface area contributed by atoms with E-state index < -0.39 is 0 Å². The first-order valence-corrected chi connectivity index (χ1v) is 4.07. The summed E-state index contributed by atoms with van der Waals surface area (Å²) >= 11 is 5.08. The Morgan fingerprint density at radius 2 is 2.38 bits per heavy atom. The smallest absolute Gasteiger partial charge is 0.0291 e. The second-order valence-electron chi connectivity index (χ2n) is 1.27. The maximum Gasteiger partial charge on any atom is 0.0291 e. The highest BCUT2D eigenvalue weighted by atomic mass is 79.9. The average Bonchev–Trinajstić information content (AvgIpc) is 2.14. The van der Waals surface area contributed by atoms with Gasteiger partial charge in [-0.1, -0.05) is 15.9 Å². The van der Waals surface area contributed by atoms with Crippen LogP contribution < -0.4 is 0 Å². The number of hydrogen-bond donors (Lipinski definition) is 0. The van der Waals surface area contributed by atoms with Gasteiger partial charge in [0.2, 0.25) is 0 Å². The summed E-state index contributed by atoms with van der Waals surface area (Å²) in [6.45, 7) is 0. The Bertz CT molecular complexity index is 125. The van der Waals surface area contributed by atoms with Crippen LogP contribution in [0, 0.1) is 0 Å². The minimum atomic E-state index is 0. The number of hydrogen-bond acceptors (Lipinski definition) is 1.